The van der Waals surface area contributed by atoms with Crippen molar-refractivity contribution < 1.29 is 23.1 Å². The Balaban J connectivity index is 1.69. The number of nitrogens with one attached hydrogen (secondary N) is 2. The maximum Gasteiger partial charge on any atom is 0.248 e. The molecule has 0 saturated heterocycles. The second-order valence-electron chi connectivity index (χ2n) is 7.71. The van der Waals surface area contributed by atoms with Crippen LogP contribution in [0.15, 0.2) is 95.9 Å². The largest absolute Gasteiger partial charge is 0.506 e. The second-order valence-corrected chi connectivity index (χ2v) is 10.2. The molecule has 0 spiro atoms. The average Bonchev–Trinajstić information content (AvgIpc) is 2.86. The average molecular weight is 525 g/mol. The van der Waals surface area contributed by atoms with Crippen LogP contribution in [0.25, 0.3) is 6.08 Å². The monoisotopic (exact) mass is 524 g/mol. The van der Waals surface area contributed by atoms with Crippen molar-refractivity contribution in [1.29, 1.82) is 0 Å². The van der Waals surface area contributed by atoms with Crippen LogP contribution >= 0.6 is 11.6 Å². The molecule has 0 aliphatic rings. The maximum atomic E-state index is 12.9. The maximum absolute atomic E-state index is 12.9. The lowest BCUT2D eigenvalue weighted by Gasteiger charge is -2.17. The number of sulfone groups is 1. The van der Waals surface area contributed by atoms with E-state index in [2.05, 4.69) is 10.6 Å². The van der Waals surface area contributed by atoms with Crippen LogP contribution < -0.4 is 10.6 Å². The predicted octanol–water partition coefficient (Wildman–Crippen LogP) is 5.44. The van der Waals surface area contributed by atoms with Gasteiger partial charge >= 0.3 is 0 Å². The number of allylic oxidation sites excluding steroid dienone is 2. The molecule has 0 saturated carbocycles. The smallest absolute Gasteiger partial charge is 0.248 e. The van der Waals surface area contributed by atoms with E-state index in [9.17, 15) is 23.1 Å². The fourth-order valence-electron chi connectivity index (χ4n) is 3.34. The molecule has 36 heavy (non-hydrogen) atoms. The molecular weight excluding hydrogens is 500 g/mol. The molecule has 7 nitrogen and oxygen atoms in total. The van der Waals surface area contributed by atoms with E-state index in [1.54, 1.807) is 37.3 Å². The zero-order chi connectivity index (χ0) is 26.1. The van der Waals surface area contributed by atoms with Crippen LogP contribution in [0, 0.1) is 0 Å². The standard InChI is InChI=1S/C27H25ClN2O5S/c1-2-25(36(34,35)20-14-7-4-8-15-20)27(33)30-22-18-24(31)23(17-21(22)28)29-26(32)16-10-9-13-19-11-5-3-6-12-19/h3-18,25,31H,2H2,1H3,(H,29,32)(H,30,33)/b13-9+,16-10+. The number of anilines is 2. The van der Waals surface area contributed by atoms with Crippen molar-refractivity contribution in [2.75, 3.05) is 10.6 Å². The van der Waals surface area contributed by atoms with E-state index in [0.29, 0.717) is 0 Å². The van der Waals surface area contributed by atoms with Crippen LogP contribution in [-0.2, 0) is 19.4 Å². The molecule has 0 aromatic heterocycles. The van der Waals surface area contributed by atoms with Crippen LogP contribution in [0.4, 0.5) is 11.4 Å². The Hall–Kier alpha value is -3.88. The third kappa shape index (κ3) is 6.84. The van der Waals surface area contributed by atoms with Crippen LogP contribution in [0.2, 0.25) is 5.02 Å². The number of aromatic hydroxyl groups is 1. The van der Waals surface area contributed by atoms with Gasteiger partial charge < -0.3 is 15.7 Å². The lowest BCUT2D eigenvalue weighted by molar-refractivity contribution is -0.116. The molecule has 9 heteroatoms. The first-order chi connectivity index (χ1) is 17.2. The Morgan fingerprint density at radius 3 is 2.22 bits per heavy atom. The molecule has 1 atom stereocenters. The molecule has 1 unspecified atom stereocenters. The van der Waals surface area contributed by atoms with Crippen molar-refractivity contribution >= 4 is 50.7 Å². The van der Waals surface area contributed by atoms with Gasteiger partial charge in [0.25, 0.3) is 0 Å². The van der Waals surface area contributed by atoms with Gasteiger partial charge in [-0.05, 0) is 30.2 Å². The van der Waals surface area contributed by atoms with Gasteiger partial charge in [-0.3, -0.25) is 9.59 Å². The number of phenols is 1. The summed E-state index contributed by atoms with van der Waals surface area (Å²) in [7, 11) is -3.93. The lowest BCUT2D eigenvalue weighted by Crippen LogP contribution is -2.34. The van der Waals surface area contributed by atoms with Crippen molar-refractivity contribution in [1.82, 2.24) is 0 Å². The van der Waals surface area contributed by atoms with E-state index in [-0.39, 0.29) is 33.5 Å². The fourth-order valence-corrected chi connectivity index (χ4v) is 5.19. The topological polar surface area (TPSA) is 113 Å². The molecule has 3 aromatic rings. The van der Waals surface area contributed by atoms with E-state index in [1.807, 2.05) is 36.4 Å². The zero-order valence-corrected chi connectivity index (χ0v) is 21.0. The van der Waals surface area contributed by atoms with E-state index in [0.717, 1.165) is 11.6 Å². The van der Waals surface area contributed by atoms with Crippen LogP contribution in [0.3, 0.4) is 0 Å². The number of hydrogen-bond donors (Lipinski definition) is 3. The van der Waals surface area contributed by atoms with E-state index >= 15 is 0 Å². The summed E-state index contributed by atoms with van der Waals surface area (Å²) >= 11 is 6.25. The summed E-state index contributed by atoms with van der Waals surface area (Å²) in [4.78, 5) is 25.1. The molecule has 3 N–H and O–H groups in total. The Bertz CT molecular complexity index is 1390. The molecule has 3 aromatic carbocycles. The van der Waals surface area contributed by atoms with Crippen molar-refractivity contribution in [3.8, 4) is 5.75 Å². The molecule has 2 amide bonds. The summed E-state index contributed by atoms with van der Waals surface area (Å²) in [5, 5.41) is 14.0. The number of rotatable bonds is 9. The molecular formula is C27H25ClN2O5S. The Labute approximate surface area is 215 Å². The minimum atomic E-state index is -3.93. The van der Waals surface area contributed by atoms with Crippen LogP contribution in [0.5, 0.6) is 5.75 Å². The summed E-state index contributed by atoms with van der Waals surface area (Å²) in [5.74, 6) is -1.64. The third-order valence-corrected chi connectivity index (χ3v) is 7.70. The highest BCUT2D eigenvalue weighted by Gasteiger charge is 2.32. The number of benzene rings is 3. The molecule has 0 aliphatic heterocycles. The van der Waals surface area contributed by atoms with Gasteiger partial charge in [0.05, 0.1) is 21.3 Å². The summed E-state index contributed by atoms with van der Waals surface area (Å²) < 4.78 is 25.8. The van der Waals surface area contributed by atoms with Crippen LogP contribution in [-0.4, -0.2) is 30.6 Å². The summed E-state index contributed by atoms with van der Waals surface area (Å²) in [5.41, 5.74) is 1.02. The summed E-state index contributed by atoms with van der Waals surface area (Å²) in [6.07, 6.45) is 6.40. The summed E-state index contributed by atoms with van der Waals surface area (Å²) in [6.45, 7) is 1.59. The number of amides is 2. The molecule has 3 rings (SSSR count). The van der Waals surface area contributed by atoms with Gasteiger partial charge in [-0.25, -0.2) is 8.42 Å². The molecule has 0 heterocycles. The first-order valence-electron chi connectivity index (χ1n) is 11.1. The highest BCUT2D eigenvalue weighted by Crippen LogP contribution is 2.34. The number of phenolic OH excluding ortho intramolecular Hbond substituents is 1. The lowest BCUT2D eigenvalue weighted by atomic mass is 10.2. The zero-order valence-electron chi connectivity index (χ0n) is 19.4. The second kappa shape index (κ2) is 12.2. The Kier molecular flexibility index (Phi) is 9.05. The predicted molar refractivity (Wildman–Crippen MR) is 143 cm³/mol. The Morgan fingerprint density at radius 2 is 1.58 bits per heavy atom. The van der Waals surface area contributed by atoms with Crippen molar-refractivity contribution in [3.05, 3.63) is 102 Å². The molecule has 0 fully saturated rings. The van der Waals surface area contributed by atoms with Gasteiger partial charge in [0, 0.05) is 12.1 Å². The molecule has 0 bridgehead atoms. The normalized spacial score (nSPS) is 12.5. The fraction of sp³-hybridized carbons (Fsp3) is 0.111. The minimum absolute atomic E-state index is 0.0105. The van der Waals surface area contributed by atoms with Gasteiger partial charge in [-0.15, -0.1) is 0 Å². The number of carbonyl (C=O) groups excluding carboxylic acids is 2. The minimum Gasteiger partial charge on any atom is -0.506 e. The third-order valence-electron chi connectivity index (χ3n) is 5.16. The van der Waals surface area contributed by atoms with E-state index < -0.39 is 26.9 Å². The van der Waals surface area contributed by atoms with Gasteiger partial charge in [0.15, 0.2) is 9.84 Å². The quantitative estimate of drug-likeness (QED) is 0.196. The van der Waals surface area contributed by atoms with Crippen LogP contribution in [0.1, 0.15) is 18.9 Å². The van der Waals surface area contributed by atoms with Gasteiger partial charge in [0.1, 0.15) is 11.0 Å². The first kappa shape index (κ1) is 26.7. The number of halogens is 1. The number of hydrogen-bond acceptors (Lipinski definition) is 5. The van der Waals surface area contributed by atoms with E-state index in [4.69, 9.17) is 11.6 Å². The molecule has 0 radical (unpaired) electrons. The highest BCUT2D eigenvalue weighted by molar-refractivity contribution is 7.92. The highest BCUT2D eigenvalue weighted by atomic mass is 35.5. The Morgan fingerprint density at radius 1 is 0.944 bits per heavy atom. The SMILES string of the molecule is CCC(C(=O)Nc1cc(O)c(NC(=O)/C=C/C=C/c2ccccc2)cc1Cl)S(=O)(=O)c1ccccc1. The van der Waals surface area contributed by atoms with Gasteiger partial charge in [-0.1, -0.05) is 85.3 Å². The van der Waals surface area contributed by atoms with Crippen molar-refractivity contribution in [2.24, 2.45) is 0 Å². The van der Waals surface area contributed by atoms with Gasteiger partial charge in [-0.2, -0.15) is 0 Å². The molecule has 186 valence electrons. The van der Waals surface area contributed by atoms with Crippen molar-refractivity contribution in [3.63, 3.8) is 0 Å². The molecule has 0 aliphatic carbocycles. The number of carbonyl (C=O) groups is 2. The first-order valence-corrected chi connectivity index (χ1v) is 13.0. The van der Waals surface area contributed by atoms with Crippen molar-refractivity contribution in [2.45, 2.75) is 23.5 Å². The van der Waals surface area contributed by atoms with E-state index in [1.165, 1.54) is 24.3 Å². The van der Waals surface area contributed by atoms with Gasteiger partial charge in [0.2, 0.25) is 11.8 Å². The summed E-state index contributed by atoms with van der Waals surface area (Å²) in [6, 6.07) is 19.7.